The Kier molecular flexibility index (Phi) is 6.23. The molecule has 32 heavy (non-hydrogen) atoms. The smallest absolute Gasteiger partial charge is 0.251 e. The number of anilines is 1. The number of hydrogen-bond acceptors (Lipinski definition) is 5. The van der Waals surface area contributed by atoms with E-state index in [1.54, 1.807) is 16.7 Å². The molecular formula is C23H23N3O4S2. The largest absolute Gasteiger partial charge is 0.305 e. The summed E-state index contributed by atoms with van der Waals surface area (Å²) in [6, 6.07) is 19.7. The van der Waals surface area contributed by atoms with E-state index in [0.29, 0.717) is 5.75 Å². The van der Waals surface area contributed by atoms with Crippen molar-refractivity contribution in [2.24, 2.45) is 0 Å². The molecule has 3 aromatic rings. The highest BCUT2D eigenvalue weighted by molar-refractivity contribution is 7.99. The van der Waals surface area contributed by atoms with Crippen molar-refractivity contribution in [2.45, 2.75) is 22.4 Å². The molecule has 166 valence electrons. The summed E-state index contributed by atoms with van der Waals surface area (Å²) >= 11 is 1.68. The van der Waals surface area contributed by atoms with E-state index in [2.05, 4.69) is 0 Å². The van der Waals surface area contributed by atoms with E-state index in [9.17, 15) is 18.0 Å². The molecule has 1 unspecified atom stereocenters. The number of amides is 1. The number of hydrogen-bond donors (Lipinski definition) is 0. The third kappa shape index (κ3) is 4.23. The minimum Gasteiger partial charge on any atom is -0.305 e. The van der Waals surface area contributed by atoms with E-state index in [4.69, 9.17) is 0 Å². The molecule has 1 aliphatic rings. The second-order valence-electron chi connectivity index (χ2n) is 7.59. The Hall–Kier alpha value is -2.88. The van der Waals surface area contributed by atoms with Crippen molar-refractivity contribution in [1.82, 2.24) is 8.87 Å². The van der Waals surface area contributed by atoms with Gasteiger partial charge in [0.25, 0.3) is 5.56 Å². The minimum absolute atomic E-state index is 0.0379. The first-order valence-electron chi connectivity index (χ1n) is 10.0. The number of rotatable bonds is 5. The van der Waals surface area contributed by atoms with Gasteiger partial charge < -0.3 is 9.47 Å². The van der Waals surface area contributed by atoms with Crippen LogP contribution in [0.3, 0.4) is 0 Å². The SMILES string of the molecule is CN(C)S(=O)(=O)c1ccc(=O)n(CC(=O)N2c3ccccc3SCC2c2ccccc2)c1. The average Bonchev–Trinajstić information content (AvgIpc) is 2.80. The first-order valence-corrected chi connectivity index (χ1v) is 12.4. The van der Waals surface area contributed by atoms with Crippen LogP contribution in [0, 0.1) is 0 Å². The summed E-state index contributed by atoms with van der Waals surface area (Å²) in [7, 11) is -0.895. The quantitative estimate of drug-likeness (QED) is 0.574. The fourth-order valence-electron chi connectivity index (χ4n) is 3.64. The lowest BCUT2D eigenvalue weighted by Crippen LogP contribution is -2.42. The Bertz CT molecular complexity index is 1300. The van der Waals surface area contributed by atoms with Crippen LogP contribution < -0.4 is 10.5 Å². The van der Waals surface area contributed by atoms with Gasteiger partial charge in [-0.25, -0.2) is 12.7 Å². The number of carbonyl (C=O) groups excluding carboxylic acids is 1. The number of para-hydroxylation sites is 1. The molecule has 9 heteroatoms. The zero-order valence-corrected chi connectivity index (χ0v) is 19.3. The van der Waals surface area contributed by atoms with Crippen molar-refractivity contribution in [1.29, 1.82) is 0 Å². The Balaban J connectivity index is 1.73. The second kappa shape index (κ2) is 8.93. The third-order valence-electron chi connectivity index (χ3n) is 5.33. The van der Waals surface area contributed by atoms with E-state index in [0.717, 1.165) is 25.0 Å². The molecule has 4 rings (SSSR count). The van der Waals surface area contributed by atoms with Gasteiger partial charge in [0, 0.05) is 37.0 Å². The van der Waals surface area contributed by atoms with Crippen LogP contribution in [-0.4, -0.2) is 43.0 Å². The molecule has 0 bridgehead atoms. The van der Waals surface area contributed by atoms with Gasteiger partial charge in [-0.05, 0) is 23.8 Å². The molecule has 1 atom stereocenters. The molecule has 0 spiro atoms. The number of nitrogens with zero attached hydrogens (tertiary/aromatic N) is 3. The molecule has 0 radical (unpaired) electrons. The van der Waals surface area contributed by atoms with Gasteiger partial charge in [0.2, 0.25) is 15.9 Å². The normalized spacial score (nSPS) is 16.1. The lowest BCUT2D eigenvalue weighted by Gasteiger charge is -2.37. The molecule has 0 fully saturated rings. The molecule has 0 saturated carbocycles. The highest BCUT2D eigenvalue weighted by atomic mass is 32.2. The van der Waals surface area contributed by atoms with Crippen molar-refractivity contribution in [3.63, 3.8) is 0 Å². The summed E-state index contributed by atoms with van der Waals surface area (Å²) in [5, 5.41) is 0. The van der Waals surface area contributed by atoms with Crippen molar-refractivity contribution >= 4 is 33.4 Å². The van der Waals surface area contributed by atoms with Crippen LogP contribution in [-0.2, 0) is 21.4 Å². The van der Waals surface area contributed by atoms with Gasteiger partial charge in [-0.3, -0.25) is 9.59 Å². The van der Waals surface area contributed by atoms with Gasteiger partial charge in [-0.15, -0.1) is 11.8 Å². The standard InChI is InChI=1S/C23H23N3O4S2/c1-24(2)32(29,30)18-12-13-22(27)25(14-18)15-23(28)26-19-10-6-7-11-21(19)31-16-20(26)17-8-4-3-5-9-17/h3-14,20H,15-16H2,1-2H3. The summed E-state index contributed by atoms with van der Waals surface area (Å²) in [6.45, 7) is -0.266. The van der Waals surface area contributed by atoms with Crippen molar-refractivity contribution in [2.75, 3.05) is 24.7 Å². The van der Waals surface area contributed by atoms with E-state index in [1.165, 1.54) is 32.4 Å². The maximum Gasteiger partial charge on any atom is 0.251 e. The van der Waals surface area contributed by atoms with Crippen LogP contribution in [0.5, 0.6) is 0 Å². The number of thioether (sulfide) groups is 1. The lowest BCUT2D eigenvalue weighted by molar-refractivity contribution is -0.119. The Morgan fingerprint density at radius 3 is 2.44 bits per heavy atom. The van der Waals surface area contributed by atoms with E-state index in [1.807, 2.05) is 54.6 Å². The molecule has 2 aromatic carbocycles. The first kappa shape index (κ1) is 22.3. The van der Waals surface area contributed by atoms with E-state index >= 15 is 0 Å². The highest BCUT2D eigenvalue weighted by Gasteiger charge is 2.32. The highest BCUT2D eigenvalue weighted by Crippen LogP contribution is 2.43. The molecule has 0 saturated heterocycles. The second-order valence-corrected chi connectivity index (χ2v) is 10.8. The third-order valence-corrected chi connectivity index (χ3v) is 8.26. The number of benzene rings is 2. The van der Waals surface area contributed by atoms with Crippen molar-refractivity contribution < 1.29 is 13.2 Å². The van der Waals surface area contributed by atoms with Gasteiger partial charge in [-0.2, -0.15) is 0 Å². The van der Waals surface area contributed by atoms with Crippen LogP contribution in [0.2, 0.25) is 0 Å². The van der Waals surface area contributed by atoms with Crippen LogP contribution in [0.25, 0.3) is 0 Å². The predicted octanol–water partition coefficient (Wildman–Crippen LogP) is 2.98. The Morgan fingerprint density at radius 2 is 1.72 bits per heavy atom. The molecule has 2 heterocycles. The van der Waals surface area contributed by atoms with Crippen LogP contribution >= 0.6 is 11.8 Å². The Labute approximate surface area is 191 Å². The maximum absolute atomic E-state index is 13.6. The molecule has 0 aliphatic carbocycles. The average molecular weight is 470 g/mol. The number of aromatic nitrogens is 1. The van der Waals surface area contributed by atoms with Crippen molar-refractivity contribution in [3.8, 4) is 0 Å². The van der Waals surface area contributed by atoms with Gasteiger partial charge in [0.05, 0.1) is 16.6 Å². The van der Waals surface area contributed by atoms with Gasteiger partial charge in [-0.1, -0.05) is 42.5 Å². The van der Waals surface area contributed by atoms with Crippen LogP contribution in [0.15, 0.2) is 87.5 Å². The van der Waals surface area contributed by atoms with Crippen molar-refractivity contribution in [3.05, 3.63) is 88.8 Å². The predicted molar refractivity (Wildman–Crippen MR) is 125 cm³/mol. The summed E-state index contributed by atoms with van der Waals surface area (Å²) < 4.78 is 27.2. The minimum atomic E-state index is -3.73. The fourth-order valence-corrected chi connectivity index (χ4v) is 5.73. The number of fused-ring (bicyclic) bond motifs is 1. The lowest BCUT2D eigenvalue weighted by atomic mass is 10.1. The van der Waals surface area contributed by atoms with E-state index < -0.39 is 15.6 Å². The van der Waals surface area contributed by atoms with E-state index in [-0.39, 0.29) is 23.4 Å². The fraction of sp³-hybridized carbons (Fsp3) is 0.217. The molecule has 1 aromatic heterocycles. The van der Waals surface area contributed by atoms with Gasteiger partial charge in [0.1, 0.15) is 6.54 Å². The van der Waals surface area contributed by atoms with Crippen LogP contribution in [0.1, 0.15) is 11.6 Å². The van der Waals surface area contributed by atoms with Gasteiger partial charge >= 0.3 is 0 Å². The molecule has 1 aliphatic heterocycles. The number of carbonyl (C=O) groups is 1. The molecule has 0 N–H and O–H groups in total. The summed E-state index contributed by atoms with van der Waals surface area (Å²) in [4.78, 5) is 28.7. The summed E-state index contributed by atoms with van der Waals surface area (Å²) in [5.41, 5.74) is 1.35. The molecule has 1 amide bonds. The van der Waals surface area contributed by atoms with Crippen LogP contribution in [0.4, 0.5) is 5.69 Å². The molecule has 7 nitrogen and oxygen atoms in total. The number of sulfonamides is 1. The topological polar surface area (TPSA) is 79.7 Å². The first-order chi connectivity index (χ1) is 15.3. The summed E-state index contributed by atoms with van der Waals surface area (Å²) in [6.07, 6.45) is 1.23. The summed E-state index contributed by atoms with van der Waals surface area (Å²) in [5.74, 6) is 0.393. The Morgan fingerprint density at radius 1 is 1.03 bits per heavy atom. The number of pyridine rings is 1. The molecular weight excluding hydrogens is 446 g/mol. The monoisotopic (exact) mass is 469 g/mol. The zero-order valence-electron chi connectivity index (χ0n) is 17.7. The maximum atomic E-state index is 13.6. The zero-order chi connectivity index (χ0) is 22.9. The van der Waals surface area contributed by atoms with Gasteiger partial charge in [0.15, 0.2) is 0 Å².